The van der Waals surface area contributed by atoms with Gasteiger partial charge in [-0.1, -0.05) is 23.7 Å². The van der Waals surface area contributed by atoms with Gasteiger partial charge in [-0.2, -0.15) is 0 Å². The minimum atomic E-state index is -0.494. The number of aliphatic hydroxyl groups is 1. The second kappa shape index (κ2) is 10.6. The molecule has 0 radical (unpaired) electrons. The van der Waals surface area contributed by atoms with Gasteiger partial charge in [0.15, 0.2) is 0 Å². The molecule has 0 spiro atoms. The van der Waals surface area contributed by atoms with Crippen LogP contribution in [0.15, 0.2) is 49.1 Å². The Labute approximate surface area is 201 Å². The van der Waals surface area contributed by atoms with Gasteiger partial charge < -0.3 is 20.1 Å². The summed E-state index contributed by atoms with van der Waals surface area (Å²) in [4.78, 5) is 14.7. The van der Waals surface area contributed by atoms with Crippen LogP contribution < -0.4 is 15.0 Å². The summed E-state index contributed by atoms with van der Waals surface area (Å²) in [5.41, 5.74) is 4.01. The van der Waals surface area contributed by atoms with Crippen molar-refractivity contribution in [3.05, 3.63) is 70.8 Å². The smallest absolute Gasteiger partial charge is 0.251 e. The van der Waals surface area contributed by atoms with Crippen molar-refractivity contribution in [2.24, 2.45) is 11.8 Å². The highest BCUT2D eigenvalue weighted by molar-refractivity contribution is 6.30. The fraction of sp³-hybridized carbons (Fsp3) is 0.444. The lowest BCUT2D eigenvalue weighted by molar-refractivity contribution is 0.0464. The predicted octanol–water partition coefficient (Wildman–Crippen LogP) is 4.99. The van der Waals surface area contributed by atoms with Crippen LogP contribution in [0, 0.1) is 11.8 Å². The Bertz CT molecular complexity index is 1010. The summed E-state index contributed by atoms with van der Waals surface area (Å²) in [6.45, 7) is 5.86. The monoisotopic (exact) mass is 468 g/mol. The Morgan fingerprint density at radius 2 is 2.12 bits per heavy atom. The molecule has 0 unspecified atom stereocenters. The minimum absolute atomic E-state index is 0.122. The number of hydrogen-bond acceptors (Lipinski definition) is 4. The number of hydrogen-bond donors (Lipinski definition) is 2. The summed E-state index contributed by atoms with van der Waals surface area (Å²) in [5.74, 6) is 1.22. The molecule has 0 bridgehead atoms. The van der Waals surface area contributed by atoms with E-state index in [0.29, 0.717) is 24.6 Å². The largest absolute Gasteiger partial charge is 0.491 e. The number of aliphatic hydroxyl groups excluding tert-OH is 1. The zero-order valence-corrected chi connectivity index (χ0v) is 20.0. The van der Waals surface area contributed by atoms with Gasteiger partial charge in [-0.05, 0) is 85.4 Å². The van der Waals surface area contributed by atoms with Gasteiger partial charge >= 0.3 is 0 Å². The molecule has 1 fully saturated rings. The highest BCUT2D eigenvalue weighted by atomic mass is 35.5. The van der Waals surface area contributed by atoms with E-state index >= 15 is 0 Å². The molecule has 2 N–H and O–H groups in total. The molecule has 0 aromatic heterocycles. The second-order valence-corrected chi connectivity index (χ2v) is 9.52. The Morgan fingerprint density at radius 1 is 1.27 bits per heavy atom. The minimum Gasteiger partial charge on any atom is -0.491 e. The normalized spacial score (nSPS) is 21.4. The average Bonchev–Trinajstić information content (AvgIpc) is 2.84. The van der Waals surface area contributed by atoms with E-state index in [0.717, 1.165) is 55.1 Å². The number of amides is 1. The van der Waals surface area contributed by atoms with Crippen LogP contribution >= 0.6 is 11.6 Å². The fourth-order valence-corrected chi connectivity index (χ4v) is 5.13. The first kappa shape index (κ1) is 23.7. The molecule has 2 aromatic carbocycles. The molecule has 4 rings (SSSR count). The summed E-state index contributed by atoms with van der Waals surface area (Å²) in [6.07, 6.45) is 6.13. The van der Waals surface area contributed by atoms with E-state index in [9.17, 15) is 9.90 Å². The van der Waals surface area contributed by atoms with E-state index in [1.165, 1.54) is 11.1 Å². The van der Waals surface area contributed by atoms with Crippen LogP contribution in [0.2, 0.25) is 5.02 Å². The summed E-state index contributed by atoms with van der Waals surface area (Å²) < 4.78 is 6.20. The van der Waals surface area contributed by atoms with Gasteiger partial charge in [0, 0.05) is 30.7 Å². The van der Waals surface area contributed by atoms with E-state index in [1.807, 2.05) is 24.3 Å². The molecule has 3 atom stereocenters. The quantitative estimate of drug-likeness (QED) is 0.606. The lowest BCUT2D eigenvalue weighted by atomic mass is 9.70. The van der Waals surface area contributed by atoms with E-state index < -0.39 is 6.10 Å². The third-order valence-electron chi connectivity index (χ3n) is 7.03. The fourth-order valence-electron chi connectivity index (χ4n) is 4.94. The number of carbonyl (C=O) groups excluding carboxylic acids is 1. The Kier molecular flexibility index (Phi) is 7.61. The van der Waals surface area contributed by atoms with E-state index in [2.05, 4.69) is 28.9 Å². The molecule has 1 heterocycles. The van der Waals surface area contributed by atoms with Crippen molar-refractivity contribution in [3.63, 3.8) is 0 Å². The molecule has 1 aliphatic carbocycles. The molecule has 1 saturated carbocycles. The van der Waals surface area contributed by atoms with Gasteiger partial charge in [-0.25, -0.2) is 0 Å². The first-order valence-electron chi connectivity index (χ1n) is 11.8. The number of aryl methyl sites for hydroxylation is 1. The number of nitrogens with one attached hydrogen (secondary N) is 1. The number of anilines is 1. The maximum Gasteiger partial charge on any atom is 0.251 e. The topological polar surface area (TPSA) is 61.8 Å². The molecular formula is C27H33ClN2O3. The van der Waals surface area contributed by atoms with Crippen molar-refractivity contribution in [3.8, 4) is 5.75 Å². The first-order chi connectivity index (χ1) is 16.0. The molecule has 176 valence electrons. The zero-order valence-electron chi connectivity index (χ0n) is 19.2. The highest BCUT2D eigenvalue weighted by Gasteiger charge is 2.36. The number of fused-ring (bicyclic) bond motifs is 2. The van der Waals surface area contributed by atoms with Crippen molar-refractivity contribution in [2.75, 3.05) is 25.1 Å². The van der Waals surface area contributed by atoms with Crippen LogP contribution in [0.5, 0.6) is 5.75 Å². The van der Waals surface area contributed by atoms with Crippen LogP contribution in [0.3, 0.4) is 0 Å². The third kappa shape index (κ3) is 5.36. The molecule has 0 saturated heterocycles. The summed E-state index contributed by atoms with van der Waals surface area (Å²) in [6, 6.07) is 11.8. The van der Waals surface area contributed by atoms with Crippen LogP contribution in [0.1, 0.15) is 47.2 Å². The molecular weight excluding hydrogens is 436 g/mol. The van der Waals surface area contributed by atoms with Gasteiger partial charge in [-0.15, -0.1) is 6.58 Å². The van der Waals surface area contributed by atoms with Crippen LogP contribution in [-0.4, -0.2) is 37.3 Å². The SMILES string of the molecule is C=C[C@H](O)[C@@H]1CC[C@H]1CN1Cc2ccc(Cl)cc2CCCCOc2ccc(C(=O)NC)cc21. The highest BCUT2D eigenvalue weighted by Crippen LogP contribution is 2.41. The second-order valence-electron chi connectivity index (χ2n) is 9.09. The van der Waals surface area contributed by atoms with E-state index in [4.69, 9.17) is 16.3 Å². The lowest BCUT2D eigenvalue weighted by Gasteiger charge is -2.42. The lowest BCUT2D eigenvalue weighted by Crippen LogP contribution is -2.42. The first-order valence-corrected chi connectivity index (χ1v) is 12.2. The van der Waals surface area contributed by atoms with Gasteiger partial charge in [-0.3, -0.25) is 4.79 Å². The predicted molar refractivity (Wildman–Crippen MR) is 133 cm³/mol. The van der Waals surface area contributed by atoms with Gasteiger partial charge in [0.05, 0.1) is 18.4 Å². The van der Waals surface area contributed by atoms with Crippen molar-refractivity contribution >= 4 is 23.2 Å². The average molecular weight is 469 g/mol. The van der Waals surface area contributed by atoms with Crippen molar-refractivity contribution in [1.82, 2.24) is 5.32 Å². The Morgan fingerprint density at radius 3 is 2.85 bits per heavy atom. The molecule has 1 amide bonds. The number of benzene rings is 2. The number of ether oxygens (including phenoxy) is 1. The maximum absolute atomic E-state index is 12.4. The molecule has 5 nitrogen and oxygen atoms in total. The van der Waals surface area contributed by atoms with E-state index in [1.54, 1.807) is 13.1 Å². The van der Waals surface area contributed by atoms with Crippen molar-refractivity contribution in [2.45, 2.75) is 44.8 Å². The Hall–Kier alpha value is -2.50. The molecule has 1 aliphatic heterocycles. The summed E-state index contributed by atoms with van der Waals surface area (Å²) >= 11 is 6.33. The maximum atomic E-state index is 12.4. The molecule has 6 heteroatoms. The van der Waals surface area contributed by atoms with Gasteiger partial charge in [0.1, 0.15) is 5.75 Å². The van der Waals surface area contributed by atoms with Crippen molar-refractivity contribution in [1.29, 1.82) is 0 Å². The summed E-state index contributed by atoms with van der Waals surface area (Å²) in [7, 11) is 1.64. The molecule has 2 aromatic rings. The number of nitrogens with zero attached hydrogens (tertiary/aromatic N) is 1. The van der Waals surface area contributed by atoms with Gasteiger partial charge in [0.2, 0.25) is 0 Å². The van der Waals surface area contributed by atoms with Crippen LogP contribution in [-0.2, 0) is 13.0 Å². The Balaban J connectivity index is 1.75. The van der Waals surface area contributed by atoms with Crippen molar-refractivity contribution < 1.29 is 14.6 Å². The molecule has 2 aliphatic rings. The molecule has 33 heavy (non-hydrogen) atoms. The number of carbonyl (C=O) groups is 1. The van der Waals surface area contributed by atoms with Crippen LogP contribution in [0.25, 0.3) is 0 Å². The number of rotatable bonds is 5. The van der Waals surface area contributed by atoms with E-state index in [-0.39, 0.29) is 11.8 Å². The van der Waals surface area contributed by atoms with Gasteiger partial charge in [0.25, 0.3) is 5.91 Å². The number of halogens is 1. The third-order valence-corrected chi connectivity index (χ3v) is 7.26. The van der Waals surface area contributed by atoms with Crippen LogP contribution in [0.4, 0.5) is 5.69 Å². The standard InChI is InChI=1S/C27H33ClN2O3/c1-3-25(31)23-11-8-21(23)17-30-16-20-7-10-22(28)14-18(20)6-4-5-13-33-26-12-9-19(15-24(26)30)27(32)29-2/h3,7,9-10,12,14-15,21,23,25,31H,1,4-6,8,11,13,16-17H2,2H3,(H,29,32)/t21-,23+,25-/m0/s1. The summed E-state index contributed by atoms with van der Waals surface area (Å²) in [5, 5.41) is 13.9. The zero-order chi connectivity index (χ0) is 23.4.